The first-order valence-corrected chi connectivity index (χ1v) is 6.68. The summed E-state index contributed by atoms with van der Waals surface area (Å²) in [6, 6.07) is 0.426. The van der Waals surface area contributed by atoms with Crippen LogP contribution >= 0.6 is 0 Å². The Kier molecular flexibility index (Phi) is 7.03. The lowest BCUT2D eigenvalue weighted by Crippen LogP contribution is -2.34. The summed E-state index contributed by atoms with van der Waals surface area (Å²) in [6.07, 6.45) is 10.3. The number of hydrogen-bond donors (Lipinski definition) is 1. The molecule has 0 aromatic rings. The number of nitrogens with two attached hydrogens (primary N) is 1. The normalized spacial score (nSPS) is 20.4. The maximum atomic E-state index is 6.21. The van der Waals surface area contributed by atoms with E-state index in [0.29, 0.717) is 6.04 Å². The molecule has 0 spiro atoms. The molecule has 1 unspecified atom stereocenters. The maximum absolute atomic E-state index is 6.21. The molecule has 0 amide bonds. The van der Waals surface area contributed by atoms with E-state index in [0.717, 1.165) is 19.1 Å². The predicted octanol–water partition coefficient (Wildman–Crippen LogP) is 3.10. The molecule has 1 aliphatic rings. The van der Waals surface area contributed by atoms with Gasteiger partial charge in [0.1, 0.15) is 0 Å². The van der Waals surface area contributed by atoms with Gasteiger partial charge >= 0.3 is 0 Å². The Morgan fingerprint density at radius 1 is 1.13 bits per heavy atom. The van der Waals surface area contributed by atoms with Crippen LogP contribution in [0.4, 0.5) is 0 Å². The molecule has 2 heteroatoms. The Labute approximate surface area is 94.6 Å². The number of hydrogen-bond acceptors (Lipinski definition) is 2. The van der Waals surface area contributed by atoms with Gasteiger partial charge in [-0.05, 0) is 25.2 Å². The molecule has 1 heterocycles. The van der Waals surface area contributed by atoms with Gasteiger partial charge in [-0.3, -0.25) is 0 Å². The quantitative estimate of drug-likeness (QED) is 0.660. The fourth-order valence-corrected chi connectivity index (χ4v) is 2.36. The summed E-state index contributed by atoms with van der Waals surface area (Å²) >= 11 is 0. The van der Waals surface area contributed by atoms with Gasteiger partial charge in [0, 0.05) is 19.3 Å². The SMILES string of the molecule is CCCCCCCC(N)C1CCOCC1. The Morgan fingerprint density at radius 2 is 1.80 bits per heavy atom. The summed E-state index contributed by atoms with van der Waals surface area (Å²) in [5.41, 5.74) is 6.21. The minimum atomic E-state index is 0.426. The second-order valence-electron chi connectivity index (χ2n) is 4.82. The standard InChI is InChI=1S/C13H27NO/c1-2-3-4-5-6-7-13(14)12-8-10-15-11-9-12/h12-13H,2-11,14H2,1H3. The first-order chi connectivity index (χ1) is 7.34. The highest BCUT2D eigenvalue weighted by molar-refractivity contribution is 4.75. The van der Waals surface area contributed by atoms with Crippen molar-refractivity contribution in [2.75, 3.05) is 13.2 Å². The molecule has 0 aromatic carbocycles. The minimum Gasteiger partial charge on any atom is -0.381 e. The molecule has 15 heavy (non-hydrogen) atoms. The van der Waals surface area contributed by atoms with Crippen molar-refractivity contribution in [3.8, 4) is 0 Å². The van der Waals surface area contributed by atoms with Crippen LogP contribution in [0.5, 0.6) is 0 Å². The summed E-state index contributed by atoms with van der Waals surface area (Å²) in [6.45, 7) is 4.11. The van der Waals surface area contributed by atoms with Crippen molar-refractivity contribution in [3.63, 3.8) is 0 Å². The first kappa shape index (κ1) is 13.0. The minimum absolute atomic E-state index is 0.426. The average Bonchev–Trinajstić information content (AvgIpc) is 2.30. The van der Waals surface area contributed by atoms with Gasteiger partial charge in [0.05, 0.1) is 0 Å². The van der Waals surface area contributed by atoms with Crippen molar-refractivity contribution >= 4 is 0 Å². The van der Waals surface area contributed by atoms with Gasteiger partial charge in [-0.2, -0.15) is 0 Å². The van der Waals surface area contributed by atoms with Crippen molar-refractivity contribution in [2.24, 2.45) is 11.7 Å². The van der Waals surface area contributed by atoms with E-state index >= 15 is 0 Å². The average molecular weight is 213 g/mol. The van der Waals surface area contributed by atoms with Crippen LogP contribution in [0, 0.1) is 5.92 Å². The van der Waals surface area contributed by atoms with Crippen molar-refractivity contribution in [1.82, 2.24) is 0 Å². The molecule has 2 nitrogen and oxygen atoms in total. The summed E-state index contributed by atoms with van der Waals surface area (Å²) in [5, 5.41) is 0. The monoisotopic (exact) mass is 213 g/mol. The van der Waals surface area contributed by atoms with Gasteiger partial charge < -0.3 is 10.5 Å². The van der Waals surface area contributed by atoms with Crippen LogP contribution in [-0.4, -0.2) is 19.3 Å². The number of rotatable bonds is 7. The van der Waals surface area contributed by atoms with E-state index in [-0.39, 0.29) is 0 Å². The van der Waals surface area contributed by atoms with Crippen LogP contribution in [0.2, 0.25) is 0 Å². The Bertz CT molecular complexity index is 143. The highest BCUT2D eigenvalue weighted by Crippen LogP contribution is 2.21. The van der Waals surface area contributed by atoms with E-state index in [1.54, 1.807) is 0 Å². The highest BCUT2D eigenvalue weighted by atomic mass is 16.5. The largest absolute Gasteiger partial charge is 0.381 e. The second kappa shape index (κ2) is 8.12. The zero-order chi connectivity index (χ0) is 10.9. The molecule has 1 atom stereocenters. The molecule has 0 radical (unpaired) electrons. The van der Waals surface area contributed by atoms with Crippen LogP contribution < -0.4 is 5.73 Å². The van der Waals surface area contributed by atoms with Crippen molar-refractivity contribution in [2.45, 2.75) is 64.3 Å². The summed E-state index contributed by atoms with van der Waals surface area (Å²) < 4.78 is 5.35. The maximum Gasteiger partial charge on any atom is 0.0469 e. The van der Waals surface area contributed by atoms with Gasteiger partial charge in [-0.25, -0.2) is 0 Å². The van der Waals surface area contributed by atoms with Gasteiger partial charge in [-0.1, -0.05) is 39.0 Å². The molecular formula is C13H27NO. The van der Waals surface area contributed by atoms with Crippen LogP contribution in [0.1, 0.15) is 58.3 Å². The van der Waals surface area contributed by atoms with Gasteiger partial charge in [0.2, 0.25) is 0 Å². The van der Waals surface area contributed by atoms with E-state index in [9.17, 15) is 0 Å². The predicted molar refractivity (Wildman–Crippen MR) is 64.9 cm³/mol. The molecule has 0 aliphatic carbocycles. The summed E-state index contributed by atoms with van der Waals surface area (Å²) in [4.78, 5) is 0. The lowest BCUT2D eigenvalue weighted by molar-refractivity contribution is 0.0572. The molecule has 0 saturated carbocycles. The third-order valence-corrected chi connectivity index (χ3v) is 3.51. The third-order valence-electron chi connectivity index (χ3n) is 3.51. The van der Waals surface area contributed by atoms with Gasteiger partial charge in [-0.15, -0.1) is 0 Å². The van der Waals surface area contributed by atoms with Gasteiger partial charge in [0.25, 0.3) is 0 Å². The molecule has 1 rings (SSSR count). The van der Waals surface area contributed by atoms with Crippen molar-refractivity contribution < 1.29 is 4.74 Å². The lowest BCUT2D eigenvalue weighted by Gasteiger charge is -2.27. The third kappa shape index (κ3) is 5.53. The molecule has 2 N–H and O–H groups in total. The molecule has 1 aliphatic heterocycles. The Hall–Kier alpha value is -0.0800. The van der Waals surface area contributed by atoms with E-state index < -0.39 is 0 Å². The fourth-order valence-electron chi connectivity index (χ4n) is 2.36. The zero-order valence-electron chi connectivity index (χ0n) is 10.2. The van der Waals surface area contributed by atoms with E-state index in [1.165, 1.54) is 51.4 Å². The molecule has 1 fully saturated rings. The van der Waals surface area contributed by atoms with Crippen LogP contribution in [0.25, 0.3) is 0 Å². The van der Waals surface area contributed by atoms with Crippen LogP contribution in [0.3, 0.4) is 0 Å². The van der Waals surface area contributed by atoms with Crippen LogP contribution in [0.15, 0.2) is 0 Å². The summed E-state index contributed by atoms with van der Waals surface area (Å²) in [5.74, 6) is 0.727. The van der Waals surface area contributed by atoms with Crippen LogP contribution in [-0.2, 0) is 4.74 Å². The van der Waals surface area contributed by atoms with Crippen molar-refractivity contribution in [3.05, 3.63) is 0 Å². The number of unbranched alkanes of at least 4 members (excludes halogenated alkanes) is 4. The Morgan fingerprint density at radius 3 is 2.47 bits per heavy atom. The smallest absolute Gasteiger partial charge is 0.0469 e. The second-order valence-corrected chi connectivity index (χ2v) is 4.82. The van der Waals surface area contributed by atoms with Crippen molar-refractivity contribution in [1.29, 1.82) is 0 Å². The highest BCUT2D eigenvalue weighted by Gasteiger charge is 2.20. The van der Waals surface area contributed by atoms with E-state index in [1.807, 2.05) is 0 Å². The van der Waals surface area contributed by atoms with Gasteiger partial charge in [0.15, 0.2) is 0 Å². The topological polar surface area (TPSA) is 35.2 Å². The first-order valence-electron chi connectivity index (χ1n) is 6.68. The molecule has 90 valence electrons. The van der Waals surface area contributed by atoms with E-state index in [4.69, 9.17) is 10.5 Å². The lowest BCUT2D eigenvalue weighted by atomic mass is 9.89. The molecule has 0 bridgehead atoms. The van der Waals surface area contributed by atoms with E-state index in [2.05, 4.69) is 6.92 Å². The fraction of sp³-hybridized carbons (Fsp3) is 1.00. The zero-order valence-corrected chi connectivity index (χ0v) is 10.2. The molecule has 1 saturated heterocycles. The molecular weight excluding hydrogens is 186 g/mol. The summed E-state index contributed by atoms with van der Waals surface area (Å²) in [7, 11) is 0. The molecule has 0 aromatic heterocycles. The number of ether oxygens (including phenoxy) is 1. The Balaban J connectivity index is 1.99.